The van der Waals surface area contributed by atoms with Gasteiger partial charge in [0.15, 0.2) is 0 Å². The first-order valence-electron chi connectivity index (χ1n) is 11.2. The van der Waals surface area contributed by atoms with Crippen LogP contribution in [0.4, 0.5) is 0 Å². The van der Waals surface area contributed by atoms with Gasteiger partial charge in [-0.2, -0.15) is 0 Å². The lowest BCUT2D eigenvalue weighted by Crippen LogP contribution is -2.37. The largest absolute Gasteiger partial charge is 0.481 e. The van der Waals surface area contributed by atoms with E-state index in [9.17, 15) is 24.6 Å². The van der Waals surface area contributed by atoms with Crippen molar-refractivity contribution in [3.05, 3.63) is 105 Å². The average Bonchev–Trinajstić information content (AvgIpc) is 2.85. The fourth-order valence-electron chi connectivity index (χ4n) is 4.16. The lowest BCUT2D eigenvalue weighted by molar-refractivity contribution is -0.146. The summed E-state index contributed by atoms with van der Waals surface area (Å²) in [7, 11) is 0. The Bertz CT molecular complexity index is 1390. The average molecular weight is 459 g/mol. The smallest absolute Gasteiger partial charge is 0.328 e. The molecule has 2 unspecified atom stereocenters. The molecule has 4 aromatic rings. The topological polar surface area (TPSA) is 112 Å². The molecule has 0 spiro atoms. The van der Waals surface area contributed by atoms with Crippen LogP contribution in [0.5, 0.6) is 0 Å². The molecule has 0 aliphatic heterocycles. The van der Waals surface area contributed by atoms with Crippen LogP contribution >= 0.6 is 0 Å². The number of para-hydroxylation sites is 1. The minimum Gasteiger partial charge on any atom is -0.481 e. The maximum absolute atomic E-state index is 12.7. The number of aliphatic hydroxyl groups excluding tert-OH is 1. The number of fused-ring (bicyclic) bond motifs is 1. The number of aliphatic hydroxyl groups is 1. The fraction of sp³-hybridized carbons (Fsp3) is 0.222. The molecule has 0 fully saturated rings. The molecule has 0 radical (unpaired) electrons. The number of aliphatic carboxylic acids is 1. The van der Waals surface area contributed by atoms with Gasteiger partial charge in [0.05, 0.1) is 22.9 Å². The molecule has 2 atom stereocenters. The van der Waals surface area contributed by atoms with Crippen LogP contribution in [0, 0.1) is 5.92 Å². The Labute approximate surface area is 196 Å². The van der Waals surface area contributed by atoms with E-state index in [1.54, 1.807) is 24.3 Å². The summed E-state index contributed by atoms with van der Waals surface area (Å²) in [6, 6.07) is 24.6. The van der Waals surface area contributed by atoms with E-state index >= 15 is 0 Å². The molecule has 34 heavy (non-hydrogen) atoms. The van der Waals surface area contributed by atoms with Crippen molar-refractivity contribution in [2.75, 3.05) is 0 Å². The summed E-state index contributed by atoms with van der Waals surface area (Å²) in [5, 5.41) is 20.6. The maximum Gasteiger partial charge on any atom is 0.328 e. The SMILES string of the molecule is O=C(O)C(CCn1c(=O)[nH]c2ccccc2c1=O)C(O)CCc1ccc(-c2ccccc2)cc1. The standard InChI is InChI=1S/C27H26N2O5/c30-24(15-12-18-10-13-20(14-11-18)19-6-2-1-3-7-19)22(26(32)33)16-17-29-25(31)21-8-4-5-9-23(21)28-27(29)34/h1-11,13-14,22,24,30H,12,15-17H2,(H,28,34)(H,32,33). The van der Waals surface area contributed by atoms with Crippen LogP contribution in [0.1, 0.15) is 18.4 Å². The molecule has 0 saturated carbocycles. The van der Waals surface area contributed by atoms with E-state index in [1.165, 1.54) is 0 Å². The number of carboxylic acid groups (broad SMARTS) is 1. The molecule has 7 heteroatoms. The van der Waals surface area contributed by atoms with Gasteiger partial charge < -0.3 is 15.2 Å². The summed E-state index contributed by atoms with van der Waals surface area (Å²) in [6.45, 7) is -0.0984. The Kier molecular flexibility index (Phi) is 7.04. The van der Waals surface area contributed by atoms with Crippen molar-refractivity contribution in [1.29, 1.82) is 0 Å². The molecule has 1 aromatic heterocycles. The summed E-state index contributed by atoms with van der Waals surface area (Å²) in [6.07, 6.45) is -0.382. The minimum atomic E-state index is -1.16. The van der Waals surface area contributed by atoms with Crippen LogP contribution < -0.4 is 11.2 Å². The van der Waals surface area contributed by atoms with Crippen molar-refractivity contribution in [1.82, 2.24) is 9.55 Å². The van der Waals surface area contributed by atoms with Crippen molar-refractivity contribution in [3.63, 3.8) is 0 Å². The van der Waals surface area contributed by atoms with Crippen molar-refractivity contribution < 1.29 is 15.0 Å². The first kappa shape index (κ1) is 23.2. The second-order valence-corrected chi connectivity index (χ2v) is 8.33. The first-order chi connectivity index (χ1) is 16.4. The summed E-state index contributed by atoms with van der Waals surface area (Å²) < 4.78 is 0.993. The third-order valence-corrected chi connectivity index (χ3v) is 6.12. The normalized spacial score (nSPS) is 13.0. The molecule has 0 bridgehead atoms. The molecule has 1 heterocycles. The number of benzene rings is 3. The van der Waals surface area contributed by atoms with E-state index in [4.69, 9.17) is 0 Å². The zero-order valence-electron chi connectivity index (χ0n) is 18.6. The van der Waals surface area contributed by atoms with Gasteiger partial charge in [-0.3, -0.25) is 14.2 Å². The molecule has 7 nitrogen and oxygen atoms in total. The van der Waals surface area contributed by atoms with Gasteiger partial charge in [-0.05, 0) is 48.1 Å². The predicted octanol–water partition coefficient (Wildman–Crippen LogP) is 3.44. The summed E-state index contributed by atoms with van der Waals surface area (Å²) in [5.41, 5.74) is 2.54. The first-order valence-corrected chi connectivity index (χ1v) is 11.2. The van der Waals surface area contributed by atoms with Crippen LogP contribution in [0.3, 0.4) is 0 Å². The van der Waals surface area contributed by atoms with Crippen LogP contribution in [0.15, 0.2) is 88.5 Å². The van der Waals surface area contributed by atoms with Crippen molar-refractivity contribution in [3.8, 4) is 11.1 Å². The molecule has 4 rings (SSSR count). The van der Waals surface area contributed by atoms with Gasteiger partial charge in [0.25, 0.3) is 5.56 Å². The number of H-pyrrole nitrogens is 1. The monoisotopic (exact) mass is 458 g/mol. The Hall–Kier alpha value is -3.97. The van der Waals surface area contributed by atoms with E-state index in [0.717, 1.165) is 21.3 Å². The van der Waals surface area contributed by atoms with Gasteiger partial charge in [-0.25, -0.2) is 4.79 Å². The van der Waals surface area contributed by atoms with Crippen molar-refractivity contribution in [2.45, 2.75) is 31.9 Å². The van der Waals surface area contributed by atoms with Crippen LogP contribution in [0.2, 0.25) is 0 Å². The second kappa shape index (κ2) is 10.3. The second-order valence-electron chi connectivity index (χ2n) is 8.33. The number of hydrogen-bond donors (Lipinski definition) is 3. The number of nitrogens with zero attached hydrogens (tertiary/aromatic N) is 1. The molecule has 3 aromatic carbocycles. The number of nitrogens with one attached hydrogen (secondary N) is 1. The number of aromatic nitrogens is 2. The number of hydrogen-bond acceptors (Lipinski definition) is 4. The van der Waals surface area contributed by atoms with Crippen LogP contribution in [-0.2, 0) is 17.8 Å². The van der Waals surface area contributed by atoms with Gasteiger partial charge in [0, 0.05) is 6.54 Å². The van der Waals surface area contributed by atoms with E-state index in [-0.39, 0.29) is 19.4 Å². The summed E-state index contributed by atoms with van der Waals surface area (Å²) in [5.74, 6) is -2.25. The number of carboxylic acids is 1. The highest BCUT2D eigenvalue weighted by molar-refractivity contribution is 5.76. The van der Waals surface area contributed by atoms with Crippen LogP contribution in [0.25, 0.3) is 22.0 Å². The molecule has 0 amide bonds. The third kappa shape index (κ3) is 5.15. The quantitative estimate of drug-likeness (QED) is 0.356. The fourth-order valence-corrected chi connectivity index (χ4v) is 4.16. The van der Waals surface area contributed by atoms with Gasteiger partial charge in [0.1, 0.15) is 0 Å². The minimum absolute atomic E-state index is 0.0369. The van der Waals surface area contributed by atoms with Gasteiger partial charge >= 0.3 is 11.7 Å². The lowest BCUT2D eigenvalue weighted by Gasteiger charge is -2.19. The van der Waals surface area contributed by atoms with Crippen LogP contribution in [-0.4, -0.2) is 31.8 Å². The highest BCUT2D eigenvalue weighted by Crippen LogP contribution is 2.21. The summed E-state index contributed by atoms with van der Waals surface area (Å²) >= 11 is 0. The van der Waals surface area contributed by atoms with Gasteiger partial charge in [-0.1, -0.05) is 66.7 Å². The van der Waals surface area contributed by atoms with E-state index in [1.807, 2.05) is 54.6 Å². The zero-order valence-corrected chi connectivity index (χ0v) is 18.6. The summed E-state index contributed by atoms with van der Waals surface area (Å²) in [4.78, 5) is 39.5. The van der Waals surface area contributed by atoms with Crippen molar-refractivity contribution in [2.24, 2.45) is 5.92 Å². The van der Waals surface area contributed by atoms with E-state index < -0.39 is 29.2 Å². The van der Waals surface area contributed by atoms with E-state index in [0.29, 0.717) is 17.3 Å². The predicted molar refractivity (Wildman–Crippen MR) is 131 cm³/mol. The molecule has 0 aliphatic rings. The van der Waals surface area contributed by atoms with Gasteiger partial charge in [0.2, 0.25) is 0 Å². The molecular weight excluding hydrogens is 432 g/mol. The molecule has 174 valence electrons. The number of aryl methyl sites for hydroxylation is 1. The zero-order chi connectivity index (χ0) is 24.1. The molecular formula is C27H26N2O5. The lowest BCUT2D eigenvalue weighted by atomic mass is 9.93. The highest BCUT2D eigenvalue weighted by Gasteiger charge is 2.26. The Morgan fingerprint density at radius 3 is 2.21 bits per heavy atom. The number of aromatic amines is 1. The third-order valence-electron chi connectivity index (χ3n) is 6.12. The Morgan fingerprint density at radius 1 is 0.853 bits per heavy atom. The Balaban J connectivity index is 1.41. The number of carbonyl (C=O) groups is 1. The van der Waals surface area contributed by atoms with E-state index in [2.05, 4.69) is 4.98 Å². The molecule has 0 aliphatic carbocycles. The Morgan fingerprint density at radius 2 is 1.50 bits per heavy atom. The van der Waals surface area contributed by atoms with Gasteiger partial charge in [-0.15, -0.1) is 0 Å². The maximum atomic E-state index is 12.7. The number of rotatable bonds is 9. The van der Waals surface area contributed by atoms with Crippen molar-refractivity contribution >= 4 is 16.9 Å². The molecule has 0 saturated heterocycles. The molecule has 3 N–H and O–H groups in total. The highest BCUT2D eigenvalue weighted by atomic mass is 16.4.